The summed E-state index contributed by atoms with van der Waals surface area (Å²) in [7, 11) is 0. The number of aromatic nitrogens is 2. The summed E-state index contributed by atoms with van der Waals surface area (Å²) in [6.45, 7) is 2.12. The van der Waals surface area contributed by atoms with E-state index in [1.807, 2.05) is 0 Å². The molecule has 2 N–H and O–H groups in total. The number of anilines is 1. The number of nitrogens with two attached hydrogens (primary N) is 1. The van der Waals surface area contributed by atoms with Crippen LogP contribution in [-0.2, 0) is 0 Å². The number of nitrogens with zero attached hydrogens (tertiary/aromatic N) is 3. The predicted octanol–water partition coefficient (Wildman–Crippen LogP) is 3.02. The first kappa shape index (κ1) is 11.3. The van der Waals surface area contributed by atoms with E-state index in [4.69, 9.17) is 5.73 Å². The van der Waals surface area contributed by atoms with Crippen molar-refractivity contribution < 1.29 is 0 Å². The summed E-state index contributed by atoms with van der Waals surface area (Å²) < 4.78 is 0.651. The lowest BCUT2D eigenvalue weighted by Crippen LogP contribution is -2.02. The zero-order chi connectivity index (χ0) is 11.5. The molecule has 0 saturated heterocycles. The second-order valence-corrected chi connectivity index (χ2v) is 4.66. The van der Waals surface area contributed by atoms with Gasteiger partial charge in [-0.05, 0) is 48.2 Å². The first-order valence-electron chi connectivity index (χ1n) is 5.18. The SMILES string of the molecule is CC1=CC(=Nc2nc(Br)cnc2N)CCC1. The highest BCUT2D eigenvalue weighted by atomic mass is 79.9. The van der Waals surface area contributed by atoms with E-state index in [0.29, 0.717) is 16.2 Å². The molecule has 0 atom stereocenters. The number of aliphatic imine (C=N–C) groups is 1. The normalized spacial score (nSPS) is 18.6. The van der Waals surface area contributed by atoms with E-state index in [9.17, 15) is 0 Å². The first-order chi connectivity index (χ1) is 7.65. The second kappa shape index (κ2) is 4.74. The van der Waals surface area contributed by atoms with Crippen molar-refractivity contribution in [2.75, 3.05) is 5.73 Å². The third-order valence-corrected chi connectivity index (χ3v) is 2.80. The molecule has 1 aromatic heterocycles. The lowest BCUT2D eigenvalue weighted by Gasteiger charge is -2.10. The molecule has 84 valence electrons. The lowest BCUT2D eigenvalue weighted by molar-refractivity contribution is 0.835. The Hall–Kier alpha value is -1.23. The van der Waals surface area contributed by atoms with E-state index in [0.717, 1.165) is 25.0 Å². The van der Waals surface area contributed by atoms with Crippen LogP contribution in [0.4, 0.5) is 11.6 Å². The van der Waals surface area contributed by atoms with Crippen LogP contribution in [0.15, 0.2) is 27.4 Å². The first-order valence-corrected chi connectivity index (χ1v) is 5.97. The fourth-order valence-electron chi connectivity index (χ4n) is 1.65. The van der Waals surface area contributed by atoms with Crippen LogP contribution in [-0.4, -0.2) is 15.7 Å². The Bertz CT molecular complexity index is 465. The average molecular weight is 281 g/mol. The molecule has 1 heterocycles. The van der Waals surface area contributed by atoms with E-state index >= 15 is 0 Å². The van der Waals surface area contributed by atoms with Gasteiger partial charge in [0.05, 0.1) is 6.20 Å². The van der Waals surface area contributed by atoms with Crippen molar-refractivity contribution in [2.45, 2.75) is 26.2 Å². The van der Waals surface area contributed by atoms with Crippen molar-refractivity contribution in [3.63, 3.8) is 0 Å². The largest absolute Gasteiger partial charge is 0.381 e. The third kappa shape index (κ3) is 2.66. The second-order valence-electron chi connectivity index (χ2n) is 3.85. The molecule has 1 aliphatic carbocycles. The molecule has 0 unspecified atom stereocenters. The van der Waals surface area contributed by atoms with Crippen LogP contribution in [0.25, 0.3) is 0 Å². The van der Waals surface area contributed by atoms with Crippen LogP contribution in [0.1, 0.15) is 26.2 Å². The van der Waals surface area contributed by atoms with E-state index in [2.05, 4.69) is 43.9 Å². The summed E-state index contributed by atoms with van der Waals surface area (Å²) in [5.74, 6) is 0.864. The van der Waals surface area contributed by atoms with Gasteiger partial charge in [0.1, 0.15) is 4.60 Å². The predicted molar refractivity (Wildman–Crippen MR) is 68.8 cm³/mol. The molecule has 4 nitrogen and oxygen atoms in total. The summed E-state index contributed by atoms with van der Waals surface area (Å²) in [5.41, 5.74) is 8.10. The van der Waals surface area contributed by atoms with Crippen LogP contribution in [0, 0.1) is 0 Å². The van der Waals surface area contributed by atoms with Gasteiger partial charge in [-0.25, -0.2) is 15.0 Å². The Balaban J connectivity index is 2.35. The fourth-order valence-corrected chi connectivity index (χ4v) is 1.92. The van der Waals surface area contributed by atoms with Crippen LogP contribution in [0.2, 0.25) is 0 Å². The van der Waals surface area contributed by atoms with Gasteiger partial charge in [-0.15, -0.1) is 0 Å². The quantitative estimate of drug-likeness (QED) is 0.860. The topological polar surface area (TPSA) is 64.2 Å². The zero-order valence-electron chi connectivity index (χ0n) is 9.07. The van der Waals surface area contributed by atoms with Gasteiger partial charge in [0, 0.05) is 5.71 Å². The maximum Gasteiger partial charge on any atom is 0.196 e. The van der Waals surface area contributed by atoms with Gasteiger partial charge in [-0.2, -0.15) is 0 Å². The number of rotatable bonds is 1. The molecule has 0 saturated carbocycles. The monoisotopic (exact) mass is 280 g/mol. The van der Waals surface area contributed by atoms with Crippen molar-refractivity contribution in [1.82, 2.24) is 9.97 Å². The van der Waals surface area contributed by atoms with Gasteiger partial charge in [0.15, 0.2) is 11.6 Å². The molecule has 16 heavy (non-hydrogen) atoms. The number of hydrogen-bond acceptors (Lipinski definition) is 4. The van der Waals surface area contributed by atoms with Crippen molar-refractivity contribution in [2.24, 2.45) is 4.99 Å². The summed E-state index contributed by atoms with van der Waals surface area (Å²) in [4.78, 5) is 12.6. The van der Waals surface area contributed by atoms with Gasteiger partial charge < -0.3 is 5.73 Å². The Morgan fingerprint density at radius 3 is 3.00 bits per heavy atom. The van der Waals surface area contributed by atoms with Gasteiger partial charge >= 0.3 is 0 Å². The Morgan fingerprint density at radius 1 is 1.44 bits per heavy atom. The number of nitrogen functional groups attached to an aromatic ring is 1. The summed E-state index contributed by atoms with van der Waals surface area (Å²) in [5, 5.41) is 0. The van der Waals surface area contributed by atoms with E-state index in [1.54, 1.807) is 6.20 Å². The van der Waals surface area contributed by atoms with Crippen LogP contribution < -0.4 is 5.73 Å². The molecular weight excluding hydrogens is 268 g/mol. The minimum atomic E-state index is 0.368. The van der Waals surface area contributed by atoms with Gasteiger partial charge in [-0.1, -0.05) is 5.57 Å². The maximum atomic E-state index is 5.72. The lowest BCUT2D eigenvalue weighted by atomic mass is 9.99. The molecule has 0 radical (unpaired) electrons. The number of halogens is 1. The van der Waals surface area contributed by atoms with Crippen molar-refractivity contribution in [3.8, 4) is 0 Å². The third-order valence-electron chi connectivity index (χ3n) is 2.42. The number of allylic oxidation sites excluding steroid dienone is 2. The smallest absolute Gasteiger partial charge is 0.196 e. The van der Waals surface area contributed by atoms with Gasteiger partial charge in [0.2, 0.25) is 0 Å². The highest BCUT2D eigenvalue weighted by Crippen LogP contribution is 2.22. The van der Waals surface area contributed by atoms with Gasteiger partial charge in [0.25, 0.3) is 0 Å². The fraction of sp³-hybridized carbons (Fsp3) is 0.364. The molecule has 0 spiro atoms. The molecule has 5 heteroatoms. The summed E-state index contributed by atoms with van der Waals surface area (Å²) in [6.07, 6.45) is 6.94. The van der Waals surface area contributed by atoms with E-state index in [1.165, 1.54) is 5.57 Å². The van der Waals surface area contributed by atoms with E-state index < -0.39 is 0 Å². The van der Waals surface area contributed by atoms with Gasteiger partial charge in [-0.3, -0.25) is 0 Å². The van der Waals surface area contributed by atoms with Crippen molar-refractivity contribution in [3.05, 3.63) is 22.4 Å². The highest BCUT2D eigenvalue weighted by molar-refractivity contribution is 9.10. The number of hydrogen-bond donors (Lipinski definition) is 1. The van der Waals surface area contributed by atoms with E-state index in [-0.39, 0.29) is 0 Å². The standard InChI is InChI=1S/C11H13BrN4/c1-7-3-2-4-8(5-7)15-11-10(13)14-6-9(12)16-11/h5-6H,2-4H2,1H3,(H2,13,14). The molecule has 0 fully saturated rings. The summed E-state index contributed by atoms with van der Waals surface area (Å²) >= 11 is 3.26. The molecule has 0 amide bonds. The van der Waals surface area contributed by atoms with Crippen LogP contribution in [0.5, 0.6) is 0 Å². The Morgan fingerprint density at radius 2 is 2.25 bits per heavy atom. The molecule has 0 aliphatic heterocycles. The molecule has 0 aromatic carbocycles. The molecule has 1 aliphatic rings. The molecule has 1 aromatic rings. The minimum Gasteiger partial charge on any atom is -0.381 e. The summed E-state index contributed by atoms with van der Waals surface area (Å²) in [6, 6.07) is 0. The average Bonchev–Trinajstić information content (AvgIpc) is 2.24. The highest BCUT2D eigenvalue weighted by Gasteiger charge is 2.08. The molecule has 2 rings (SSSR count). The van der Waals surface area contributed by atoms with Crippen molar-refractivity contribution in [1.29, 1.82) is 0 Å². The van der Waals surface area contributed by atoms with Crippen LogP contribution in [0.3, 0.4) is 0 Å². The molecule has 0 bridgehead atoms. The minimum absolute atomic E-state index is 0.368. The maximum absolute atomic E-state index is 5.72. The zero-order valence-corrected chi connectivity index (χ0v) is 10.7. The molecular formula is C11H13BrN4. The van der Waals surface area contributed by atoms with Crippen LogP contribution >= 0.6 is 15.9 Å². The Kier molecular flexibility index (Phi) is 3.33. The Labute approximate surface area is 103 Å². The van der Waals surface area contributed by atoms with Crippen molar-refractivity contribution >= 4 is 33.3 Å².